The smallest absolute Gasteiger partial charge is 0.125 e. The van der Waals surface area contributed by atoms with E-state index < -0.39 is 0 Å². The Balaban J connectivity index is 1.77. The van der Waals surface area contributed by atoms with Gasteiger partial charge in [0.25, 0.3) is 0 Å². The summed E-state index contributed by atoms with van der Waals surface area (Å²) in [6.07, 6.45) is 11.0. The van der Waals surface area contributed by atoms with Crippen LogP contribution in [-0.2, 0) is 6.54 Å². The van der Waals surface area contributed by atoms with Crippen LogP contribution in [0.4, 0.5) is 0 Å². The number of piperidine rings is 1. The van der Waals surface area contributed by atoms with E-state index in [0.717, 1.165) is 36.6 Å². The highest BCUT2D eigenvalue weighted by Crippen LogP contribution is 2.30. The Bertz CT molecular complexity index is 540. The molecule has 20 heavy (non-hydrogen) atoms. The van der Waals surface area contributed by atoms with Crippen LogP contribution in [0.15, 0.2) is 31.0 Å². The first kappa shape index (κ1) is 13.1. The third-order valence-corrected chi connectivity index (χ3v) is 3.78. The second-order valence-corrected chi connectivity index (χ2v) is 5.25. The Morgan fingerprint density at radius 2 is 2.05 bits per heavy atom. The average molecular weight is 269 g/mol. The summed E-state index contributed by atoms with van der Waals surface area (Å²) in [7, 11) is 0. The molecule has 1 saturated heterocycles. The zero-order chi connectivity index (χ0) is 13.8. The maximum absolute atomic E-state index is 4.42. The molecule has 104 valence electrons. The molecule has 1 fully saturated rings. The summed E-state index contributed by atoms with van der Waals surface area (Å²) >= 11 is 0. The molecule has 1 aliphatic rings. The Morgan fingerprint density at radius 3 is 2.80 bits per heavy atom. The second-order valence-electron chi connectivity index (χ2n) is 5.25. The zero-order valence-electron chi connectivity index (χ0n) is 11.7. The SMILES string of the molecule is Cc1ncc(CN2CCCC[C@H]2c2ccncn2)cn1. The van der Waals surface area contributed by atoms with Crippen LogP contribution in [0, 0.1) is 6.92 Å². The summed E-state index contributed by atoms with van der Waals surface area (Å²) in [6, 6.07) is 2.40. The molecule has 3 rings (SSSR count). The van der Waals surface area contributed by atoms with Gasteiger partial charge in [-0.15, -0.1) is 0 Å². The topological polar surface area (TPSA) is 54.8 Å². The molecule has 5 heteroatoms. The van der Waals surface area contributed by atoms with Crippen molar-refractivity contribution in [2.75, 3.05) is 6.54 Å². The van der Waals surface area contributed by atoms with Crippen molar-refractivity contribution < 1.29 is 0 Å². The molecular formula is C15H19N5. The van der Waals surface area contributed by atoms with Crippen LogP contribution in [0.1, 0.15) is 42.4 Å². The van der Waals surface area contributed by atoms with E-state index >= 15 is 0 Å². The first-order valence-corrected chi connectivity index (χ1v) is 7.10. The molecule has 0 saturated carbocycles. The van der Waals surface area contributed by atoms with Crippen LogP contribution in [0.2, 0.25) is 0 Å². The number of rotatable bonds is 3. The molecule has 0 radical (unpaired) electrons. The Labute approximate surface area is 119 Å². The molecule has 0 spiro atoms. The number of hydrogen-bond acceptors (Lipinski definition) is 5. The van der Waals surface area contributed by atoms with Gasteiger partial charge in [-0.05, 0) is 32.4 Å². The maximum Gasteiger partial charge on any atom is 0.125 e. The van der Waals surface area contributed by atoms with Crippen molar-refractivity contribution >= 4 is 0 Å². The third kappa shape index (κ3) is 2.99. The predicted molar refractivity (Wildman–Crippen MR) is 75.8 cm³/mol. The van der Waals surface area contributed by atoms with Gasteiger partial charge < -0.3 is 0 Å². The largest absolute Gasteiger partial charge is 0.290 e. The highest BCUT2D eigenvalue weighted by molar-refractivity contribution is 5.10. The predicted octanol–water partition coefficient (Wildman–Crippen LogP) is 2.30. The Kier molecular flexibility index (Phi) is 3.97. The molecule has 0 aliphatic carbocycles. The first-order chi connectivity index (χ1) is 9.83. The summed E-state index contributed by atoms with van der Waals surface area (Å²) < 4.78 is 0. The molecule has 0 bridgehead atoms. The Morgan fingerprint density at radius 1 is 1.20 bits per heavy atom. The molecule has 1 atom stereocenters. The van der Waals surface area contributed by atoms with Crippen molar-refractivity contribution in [2.24, 2.45) is 0 Å². The van der Waals surface area contributed by atoms with E-state index in [4.69, 9.17) is 0 Å². The van der Waals surface area contributed by atoms with Crippen molar-refractivity contribution in [1.29, 1.82) is 0 Å². The number of aryl methyl sites for hydroxylation is 1. The van der Waals surface area contributed by atoms with Gasteiger partial charge in [0.1, 0.15) is 12.2 Å². The number of hydrogen-bond donors (Lipinski definition) is 0. The van der Waals surface area contributed by atoms with Crippen LogP contribution >= 0.6 is 0 Å². The summed E-state index contributed by atoms with van der Waals surface area (Å²) in [6.45, 7) is 3.89. The Hall–Kier alpha value is -1.88. The summed E-state index contributed by atoms with van der Waals surface area (Å²) in [5.41, 5.74) is 2.28. The lowest BCUT2D eigenvalue weighted by molar-refractivity contribution is 0.137. The van der Waals surface area contributed by atoms with E-state index in [-0.39, 0.29) is 0 Å². The maximum atomic E-state index is 4.42. The van der Waals surface area contributed by atoms with Crippen molar-refractivity contribution in [3.8, 4) is 0 Å². The van der Waals surface area contributed by atoms with E-state index in [1.165, 1.54) is 12.8 Å². The fraction of sp³-hybridized carbons (Fsp3) is 0.467. The van der Waals surface area contributed by atoms with Crippen LogP contribution in [0.3, 0.4) is 0 Å². The zero-order valence-corrected chi connectivity index (χ0v) is 11.7. The number of aromatic nitrogens is 4. The molecule has 0 N–H and O–H groups in total. The van der Waals surface area contributed by atoms with Gasteiger partial charge in [0.15, 0.2) is 0 Å². The fourth-order valence-electron chi connectivity index (χ4n) is 2.75. The van der Waals surface area contributed by atoms with Gasteiger partial charge in [-0.25, -0.2) is 19.9 Å². The quantitative estimate of drug-likeness (QED) is 0.855. The molecule has 1 aliphatic heterocycles. The van der Waals surface area contributed by atoms with E-state index in [1.807, 2.05) is 31.6 Å². The number of likely N-dealkylation sites (tertiary alicyclic amines) is 1. The first-order valence-electron chi connectivity index (χ1n) is 7.10. The van der Waals surface area contributed by atoms with Crippen LogP contribution in [0.5, 0.6) is 0 Å². The molecule has 3 heterocycles. The van der Waals surface area contributed by atoms with Gasteiger partial charge in [-0.3, -0.25) is 4.90 Å². The lowest BCUT2D eigenvalue weighted by Crippen LogP contribution is -2.33. The van der Waals surface area contributed by atoms with Crippen LogP contribution in [-0.4, -0.2) is 31.4 Å². The summed E-state index contributed by atoms with van der Waals surface area (Å²) in [4.78, 5) is 19.5. The highest BCUT2D eigenvalue weighted by Gasteiger charge is 2.24. The van der Waals surface area contributed by atoms with Gasteiger partial charge >= 0.3 is 0 Å². The molecular weight excluding hydrogens is 250 g/mol. The van der Waals surface area contributed by atoms with Gasteiger partial charge in [0.05, 0.1) is 11.7 Å². The monoisotopic (exact) mass is 269 g/mol. The van der Waals surface area contributed by atoms with Crippen LogP contribution < -0.4 is 0 Å². The second kappa shape index (κ2) is 6.05. The van der Waals surface area contributed by atoms with E-state index in [0.29, 0.717) is 6.04 Å². The van der Waals surface area contributed by atoms with Gasteiger partial charge in [-0.2, -0.15) is 0 Å². The average Bonchev–Trinajstić information content (AvgIpc) is 2.51. The van der Waals surface area contributed by atoms with Crippen molar-refractivity contribution in [3.63, 3.8) is 0 Å². The van der Waals surface area contributed by atoms with Crippen LogP contribution in [0.25, 0.3) is 0 Å². The molecule has 2 aromatic heterocycles. The lowest BCUT2D eigenvalue weighted by Gasteiger charge is -2.35. The summed E-state index contributed by atoms with van der Waals surface area (Å²) in [5.74, 6) is 0.819. The standard InChI is InChI=1S/C15H19N5/c1-12-17-8-13(9-18-12)10-20-7-3-2-4-15(20)14-5-6-16-11-19-14/h5-6,8-9,11,15H,2-4,7,10H2,1H3/t15-/m0/s1. The van der Waals surface area contributed by atoms with Gasteiger partial charge in [0.2, 0.25) is 0 Å². The van der Waals surface area contributed by atoms with E-state index in [1.54, 1.807) is 6.33 Å². The highest BCUT2D eigenvalue weighted by atomic mass is 15.2. The lowest BCUT2D eigenvalue weighted by atomic mass is 9.98. The molecule has 0 aromatic carbocycles. The van der Waals surface area contributed by atoms with E-state index in [9.17, 15) is 0 Å². The van der Waals surface area contributed by atoms with Gasteiger partial charge in [0, 0.05) is 30.7 Å². The minimum absolute atomic E-state index is 0.382. The summed E-state index contributed by atoms with van der Waals surface area (Å²) in [5, 5.41) is 0. The van der Waals surface area contributed by atoms with Crippen molar-refractivity contribution in [2.45, 2.75) is 38.8 Å². The normalized spacial score (nSPS) is 19.9. The molecule has 0 amide bonds. The minimum Gasteiger partial charge on any atom is -0.290 e. The number of nitrogens with zero attached hydrogens (tertiary/aromatic N) is 5. The van der Waals surface area contributed by atoms with E-state index in [2.05, 4.69) is 24.8 Å². The third-order valence-electron chi connectivity index (χ3n) is 3.78. The molecule has 0 unspecified atom stereocenters. The molecule has 2 aromatic rings. The van der Waals surface area contributed by atoms with Gasteiger partial charge in [-0.1, -0.05) is 6.42 Å². The fourth-order valence-corrected chi connectivity index (χ4v) is 2.75. The van der Waals surface area contributed by atoms with Crippen molar-refractivity contribution in [1.82, 2.24) is 24.8 Å². The molecule has 5 nitrogen and oxygen atoms in total. The van der Waals surface area contributed by atoms with Crippen molar-refractivity contribution in [3.05, 3.63) is 48.1 Å². The minimum atomic E-state index is 0.382.